The molecule has 0 unspecified atom stereocenters. The first-order chi connectivity index (χ1) is 9.56. The van der Waals surface area contributed by atoms with Gasteiger partial charge in [0.2, 0.25) is 5.96 Å². The highest BCUT2D eigenvalue weighted by atomic mass is 15.3. The lowest BCUT2D eigenvalue weighted by atomic mass is 10.0. The molecule has 0 amide bonds. The van der Waals surface area contributed by atoms with Crippen molar-refractivity contribution < 1.29 is 0 Å². The van der Waals surface area contributed by atoms with Gasteiger partial charge in [-0.3, -0.25) is 0 Å². The molecule has 0 aliphatic rings. The third-order valence-corrected chi connectivity index (χ3v) is 2.63. The number of nitrogens with two attached hydrogens (primary N) is 4. The number of benzene rings is 2. The second kappa shape index (κ2) is 5.75. The molecule has 2 rings (SSSR count). The molecule has 0 radical (unpaired) electrons. The van der Waals surface area contributed by atoms with E-state index in [9.17, 15) is 0 Å². The number of rotatable bonds is 3. The standard InChI is InChI=1S/C14H16N6/c15-11-5-1-9(2-6-11)13(19-20-14(17)18)10-3-7-12(16)8-4-10/h1-8H,15-16H2,(H4,17,18,20). The van der Waals surface area contributed by atoms with E-state index in [-0.39, 0.29) is 5.96 Å². The topological polar surface area (TPSA) is 129 Å². The Hall–Kier alpha value is -3.02. The van der Waals surface area contributed by atoms with Crippen molar-refractivity contribution in [3.8, 4) is 0 Å². The lowest BCUT2D eigenvalue weighted by Crippen LogP contribution is -2.22. The highest BCUT2D eigenvalue weighted by Crippen LogP contribution is 2.15. The smallest absolute Gasteiger partial charge is 0.211 e. The van der Waals surface area contributed by atoms with Gasteiger partial charge < -0.3 is 22.9 Å². The van der Waals surface area contributed by atoms with Gasteiger partial charge in [-0.05, 0) is 24.3 Å². The predicted octanol–water partition coefficient (Wildman–Crippen LogP) is 0.877. The maximum absolute atomic E-state index is 5.68. The third-order valence-electron chi connectivity index (χ3n) is 2.63. The first-order valence-corrected chi connectivity index (χ1v) is 5.94. The van der Waals surface area contributed by atoms with Crippen molar-refractivity contribution in [3.63, 3.8) is 0 Å². The summed E-state index contributed by atoms with van der Waals surface area (Å²) in [5.74, 6) is -0.103. The molecule has 0 heterocycles. The molecule has 20 heavy (non-hydrogen) atoms. The molecule has 0 fully saturated rings. The van der Waals surface area contributed by atoms with E-state index in [0.717, 1.165) is 11.1 Å². The van der Waals surface area contributed by atoms with E-state index in [0.29, 0.717) is 17.1 Å². The predicted molar refractivity (Wildman–Crippen MR) is 83.2 cm³/mol. The summed E-state index contributed by atoms with van der Waals surface area (Å²) in [5, 5.41) is 7.82. The van der Waals surface area contributed by atoms with Crippen molar-refractivity contribution in [3.05, 3.63) is 59.7 Å². The number of guanidine groups is 1. The van der Waals surface area contributed by atoms with Crippen LogP contribution in [-0.2, 0) is 0 Å². The van der Waals surface area contributed by atoms with Gasteiger partial charge in [0.25, 0.3) is 0 Å². The Balaban J connectivity index is 2.50. The van der Waals surface area contributed by atoms with E-state index in [1.165, 1.54) is 0 Å². The van der Waals surface area contributed by atoms with Gasteiger partial charge in [-0.1, -0.05) is 24.3 Å². The van der Waals surface area contributed by atoms with Crippen LogP contribution < -0.4 is 22.9 Å². The van der Waals surface area contributed by atoms with Gasteiger partial charge >= 0.3 is 0 Å². The maximum Gasteiger partial charge on any atom is 0.211 e. The summed E-state index contributed by atoms with van der Waals surface area (Å²) in [5.41, 5.74) is 25.7. The number of nitrogen functional groups attached to an aromatic ring is 2. The zero-order chi connectivity index (χ0) is 14.5. The monoisotopic (exact) mass is 268 g/mol. The molecule has 0 atom stereocenters. The maximum atomic E-state index is 5.68. The highest BCUT2D eigenvalue weighted by Gasteiger charge is 2.07. The second-order valence-corrected chi connectivity index (χ2v) is 4.22. The van der Waals surface area contributed by atoms with E-state index in [1.807, 2.05) is 24.3 Å². The van der Waals surface area contributed by atoms with Gasteiger partial charge in [0.1, 0.15) is 5.71 Å². The molecule has 0 spiro atoms. The Labute approximate surface area is 116 Å². The fraction of sp³-hybridized carbons (Fsp3) is 0. The molecule has 2 aromatic carbocycles. The van der Waals surface area contributed by atoms with Gasteiger partial charge in [0.15, 0.2) is 0 Å². The molecule has 0 saturated heterocycles. The molecule has 2 aromatic rings. The summed E-state index contributed by atoms with van der Waals surface area (Å²) in [7, 11) is 0. The molecule has 0 aliphatic heterocycles. The average Bonchev–Trinajstić information content (AvgIpc) is 2.42. The molecule has 6 heteroatoms. The van der Waals surface area contributed by atoms with Crippen molar-refractivity contribution in [2.24, 2.45) is 21.7 Å². The van der Waals surface area contributed by atoms with Gasteiger partial charge in [-0.2, -0.15) is 0 Å². The van der Waals surface area contributed by atoms with Crippen LogP contribution in [0.15, 0.2) is 58.7 Å². The van der Waals surface area contributed by atoms with Gasteiger partial charge in [-0.25, -0.2) is 0 Å². The van der Waals surface area contributed by atoms with Crippen LogP contribution in [0, 0.1) is 0 Å². The minimum absolute atomic E-state index is 0.103. The summed E-state index contributed by atoms with van der Waals surface area (Å²) >= 11 is 0. The Morgan fingerprint density at radius 1 is 0.650 bits per heavy atom. The zero-order valence-corrected chi connectivity index (χ0v) is 10.8. The summed E-state index contributed by atoms with van der Waals surface area (Å²) < 4.78 is 0. The van der Waals surface area contributed by atoms with Gasteiger partial charge in [0.05, 0.1) is 0 Å². The molecule has 0 bridgehead atoms. The Bertz CT molecular complexity index is 589. The Kier molecular flexibility index (Phi) is 3.85. The highest BCUT2D eigenvalue weighted by molar-refractivity contribution is 6.13. The van der Waals surface area contributed by atoms with E-state index in [2.05, 4.69) is 10.2 Å². The van der Waals surface area contributed by atoms with Gasteiger partial charge in [0, 0.05) is 22.5 Å². The van der Waals surface area contributed by atoms with Crippen molar-refractivity contribution in [1.29, 1.82) is 0 Å². The van der Waals surface area contributed by atoms with E-state index in [4.69, 9.17) is 22.9 Å². The summed E-state index contributed by atoms with van der Waals surface area (Å²) in [6.07, 6.45) is 0. The summed E-state index contributed by atoms with van der Waals surface area (Å²) in [6.45, 7) is 0. The number of anilines is 2. The lowest BCUT2D eigenvalue weighted by molar-refractivity contribution is 1.20. The van der Waals surface area contributed by atoms with Crippen LogP contribution >= 0.6 is 0 Å². The van der Waals surface area contributed by atoms with Crippen LogP contribution in [0.4, 0.5) is 11.4 Å². The molecular weight excluding hydrogens is 252 g/mol. The summed E-state index contributed by atoms with van der Waals surface area (Å²) in [6, 6.07) is 14.6. The molecule has 0 aromatic heterocycles. The SMILES string of the molecule is NC(N)=NN=C(c1ccc(N)cc1)c1ccc(N)cc1. The Morgan fingerprint density at radius 2 is 1.05 bits per heavy atom. The second-order valence-electron chi connectivity index (χ2n) is 4.22. The number of nitrogens with zero attached hydrogens (tertiary/aromatic N) is 2. The average molecular weight is 268 g/mol. The lowest BCUT2D eigenvalue weighted by Gasteiger charge is -2.06. The molecule has 102 valence electrons. The van der Waals surface area contributed by atoms with E-state index < -0.39 is 0 Å². The van der Waals surface area contributed by atoms with E-state index >= 15 is 0 Å². The fourth-order valence-electron chi connectivity index (χ4n) is 1.67. The van der Waals surface area contributed by atoms with Crippen molar-refractivity contribution in [2.45, 2.75) is 0 Å². The molecular formula is C14H16N6. The molecule has 8 N–H and O–H groups in total. The van der Waals surface area contributed by atoms with Crippen LogP contribution in [0.3, 0.4) is 0 Å². The van der Waals surface area contributed by atoms with Crippen LogP contribution in [0.2, 0.25) is 0 Å². The van der Waals surface area contributed by atoms with Crippen molar-refractivity contribution >= 4 is 23.0 Å². The Morgan fingerprint density at radius 3 is 1.40 bits per heavy atom. The fourth-order valence-corrected chi connectivity index (χ4v) is 1.67. The van der Waals surface area contributed by atoms with Crippen LogP contribution in [0.1, 0.15) is 11.1 Å². The number of hydrogen-bond donors (Lipinski definition) is 4. The van der Waals surface area contributed by atoms with Crippen molar-refractivity contribution in [1.82, 2.24) is 0 Å². The number of hydrogen-bond acceptors (Lipinski definition) is 4. The van der Waals surface area contributed by atoms with Crippen molar-refractivity contribution in [2.75, 3.05) is 11.5 Å². The van der Waals surface area contributed by atoms with Crippen LogP contribution in [0.5, 0.6) is 0 Å². The first-order valence-electron chi connectivity index (χ1n) is 5.94. The zero-order valence-electron chi connectivity index (χ0n) is 10.8. The minimum Gasteiger partial charge on any atom is -0.399 e. The van der Waals surface area contributed by atoms with Crippen LogP contribution in [-0.4, -0.2) is 11.7 Å². The molecule has 0 aliphatic carbocycles. The third kappa shape index (κ3) is 3.26. The molecule has 0 saturated carbocycles. The summed E-state index contributed by atoms with van der Waals surface area (Å²) in [4.78, 5) is 0. The quantitative estimate of drug-likeness (QED) is 0.285. The molecule has 6 nitrogen and oxygen atoms in total. The normalized spacial score (nSPS) is 9.80. The largest absolute Gasteiger partial charge is 0.399 e. The first kappa shape index (κ1) is 13.4. The van der Waals surface area contributed by atoms with Crippen LogP contribution in [0.25, 0.3) is 0 Å². The van der Waals surface area contributed by atoms with Gasteiger partial charge in [-0.15, -0.1) is 10.2 Å². The van der Waals surface area contributed by atoms with E-state index in [1.54, 1.807) is 24.3 Å². The minimum atomic E-state index is -0.103.